The van der Waals surface area contributed by atoms with Crippen LogP contribution >= 0.6 is 11.3 Å². The van der Waals surface area contributed by atoms with E-state index in [1.807, 2.05) is 38.1 Å². The zero-order chi connectivity index (χ0) is 17.7. The molecule has 0 bridgehead atoms. The summed E-state index contributed by atoms with van der Waals surface area (Å²) in [5.41, 5.74) is 6.75. The number of benzene rings is 1. The first kappa shape index (κ1) is 17.7. The van der Waals surface area contributed by atoms with E-state index in [-0.39, 0.29) is 5.91 Å². The number of carbonyl (C=O) groups excluding carboxylic acids is 2. The van der Waals surface area contributed by atoms with Gasteiger partial charge in [-0.3, -0.25) is 4.79 Å². The van der Waals surface area contributed by atoms with E-state index < -0.39 is 12.1 Å². The molecule has 0 unspecified atom stereocenters. The minimum Gasteiger partial charge on any atom is -0.494 e. The number of carbonyl (C=O) groups is 2. The maximum Gasteiger partial charge on any atom is 0.312 e. The maximum atomic E-state index is 12.0. The number of aromatic nitrogens is 1. The van der Waals surface area contributed by atoms with Crippen molar-refractivity contribution in [3.63, 3.8) is 0 Å². The number of aryl methyl sites for hydroxylation is 1. The molecule has 0 radical (unpaired) electrons. The number of nitrogens with one attached hydrogen (secondary N) is 2. The number of primary amides is 1. The summed E-state index contributed by atoms with van der Waals surface area (Å²) in [6, 6.07) is 6.14. The Labute approximate surface area is 144 Å². The van der Waals surface area contributed by atoms with Gasteiger partial charge in [0.15, 0.2) is 5.13 Å². The number of thiazole rings is 1. The molecular formula is C16H20N4O3S. The van der Waals surface area contributed by atoms with E-state index in [1.54, 1.807) is 6.92 Å². The quantitative estimate of drug-likeness (QED) is 0.745. The normalized spacial score (nSPS) is 11.6. The molecule has 8 heteroatoms. The highest BCUT2D eigenvalue weighted by molar-refractivity contribution is 7.16. The molecule has 0 spiro atoms. The summed E-state index contributed by atoms with van der Waals surface area (Å²) < 4.78 is 5.42. The predicted molar refractivity (Wildman–Crippen MR) is 94.3 cm³/mol. The Morgan fingerprint density at radius 3 is 2.58 bits per heavy atom. The van der Waals surface area contributed by atoms with Crippen molar-refractivity contribution >= 4 is 28.4 Å². The molecule has 24 heavy (non-hydrogen) atoms. The maximum absolute atomic E-state index is 12.0. The largest absolute Gasteiger partial charge is 0.494 e. The van der Waals surface area contributed by atoms with Crippen molar-refractivity contribution in [2.45, 2.75) is 26.8 Å². The smallest absolute Gasteiger partial charge is 0.312 e. The van der Waals surface area contributed by atoms with E-state index in [9.17, 15) is 9.59 Å². The van der Waals surface area contributed by atoms with Crippen LogP contribution in [-0.4, -0.2) is 29.6 Å². The first-order chi connectivity index (χ1) is 11.4. The third-order valence-electron chi connectivity index (χ3n) is 3.22. The molecule has 1 atom stereocenters. The number of anilines is 1. The van der Waals surface area contributed by atoms with E-state index in [2.05, 4.69) is 15.6 Å². The summed E-state index contributed by atoms with van der Waals surface area (Å²) in [6.45, 7) is 6.03. The molecule has 7 nitrogen and oxygen atoms in total. The molecule has 3 amide bonds. The van der Waals surface area contributed by atoms with Gasteiger partial charge in [0.25, 0.3) is 0 Å². The van der Waals surface area contributed by atoms with Gasteiger partial charge in [-0.2, -0.15) is 0 Å². The average Bonchev–Trinajstić information content (AvgIpc) is 2.88. The first-order valence-corrected chi connectivity index (χ1v) is 8.29. The minimum atomic E-state index is -0.747. The van der Waals surface area contributed by atoms with Crippen molar-refractivity contribution in [2.24, 2.45) is 5.73 Å². The lowest BCUT2D eigenvalue weighted by atomic mass is 10.1. The Balaban J connectivity index is 2.12. The summed E-state index contributed by atoms with van der Waals surface area (Å²) in [5, 5.41) is 5.48. The molecule has 1 aromatic heterocycles. The highest BCUT2D eigenvalue weighted by Crippen LogP contribution is 2.31. The SMILES string of the molecule is CCOc1ccc(-c2nc(NC(=O)[C@H](C)NC(N)=O)sc2C)cc1. The lowest BCUT2D eigenvalue weighted by Gasteiger charge is -2.10. The van der Waals surface area contributed by atoms with Crippen molar-refractivity contribution in [3.05, 3.63) is 29.1 Å². The Morgan fingerprint density at radius 1 is 1.33 bits per heavy atom. The van der Waals surface area contributed by atoms with Crippen molar-refractivity contribution in [1.82, 2.24) is 10.3 Å². The van der Waals surface area contributed by atoms with E-state index in [4.69, 9.17) is 10.5 Å². The average molecular weight is 348 g/mol. The van der Waals surface area contributed by atoms with Gasteiger partial charge in [-0.1, -0.05) is 0 Å². The number of urea groups is 1. The van der Waals surface area contributed by atoms with Crippen LogP contribution < -0.4 is 21.1 Å². The minimum absolute atomic E-state index is 0.374. The predicted octanol–water partition coefficient (Wildman–Crippen LogP) is 2.51. The van der Waals surface area contributed by atoms with Gasteiger partial charge in [-0.25, -0.2) is 9.78 Å². The van der Waals surface area contributed by atoms with E-state index in [1.165, 1.54) is 11.3 Å². The van der Waals surface area contributed by atoms with Crippen molar-refractivity contribution < 1.29 is 14.3 Å². The number of ether oxygens (including phenoxy) is 1. The van der Waals surface area contributed by atoms with E-state index in [0.717, 1.165) is 21.9 Å². The van der Waals surface area contributed by atoms with Crippen LogP contribution in [0.2, 0.25) is 0 Å². The van der Waals surface area contributed by atoms with Gasteiger partial charge in [-0.05, 0) is 45.0 Å². The van der Waals surface area contributed by atoms with E-state index >= 15 is 0 Å². The zero-order valence-corrected chi connectivity index (χ0v) is 14.6. The number of amides is 3. The van der Waals surface area contributed by atoms with Crippen LogP contribution in [0.3, 0.4) is 0 Å². The van der Waals surface area contributed by atoms with Gasteiger partial charge in [0.2, 0.25) is 5.91 Å². The summed E-state index contributed by atoms with van der Waals surface area (Å²) in [5.74, 6) is 0.426. The third-order valence-corrected chi connectivity index (χ3v) is 4.10. The molecule has 0 saturated carbocycles. The van der Waals surface area contributed by atoms with Gasteiger partial charge in [0.1, 0.15) is 11.8 Å². The molecule has 1 aromatic carbocycles. The van der Waals surface area contributed by atoms with Crippen LogP contribution in [-0.2, 0) is 4.79 Å². The van der Waals surface area contributed by atoms with Crippen molar-refractivity contribution in [3.8, 4) is 17.0 Å². The number of hydrogen-bond donors (Lipinski definition) is 3. The standard InChI is InChI=1S/C16H20N4O3S/c1-4-23-12-7-5-11(6-8-12)13-10(3)24-16(19-13)20-14(21)9(2)18-15(17)22/h5-9H,4H2,1-3H3,(H3,17,18,22)(H,19,20,21)/t9-/m0/s1. The van der Waals surface area contributed by atoms with E-state index in [0.29, 0.717) is 11.7 Å². The number of nitrogens with zero attached hydrogens (tertiary/aromatic N) is 1. The van der Waals surface area contributed by atoms with Crippen LogP contribution in [0, 0.1) is 6.92 Å². The van der Waals surface area contributed by atoms with Crippen molar-refractivity contribution in [1.29, 1.82) is 0 Å². The molecule has 0 aliphatic rings. The Hall–Kier alpha value is -2.61. The van der Waals surface area contributed by atoms with Gasteiger partial charge in [0, 0.05) is 10.4 Å². The highest BCUT2D eigenvalue weighted by Gasteiger charge is 2.17. The Morgan fingerprint density at radius 2 is 2.00 bits per heavy atom. The zero-order valence-electron chi connectivity index (χ0n) is 13.8. The Kier molecular flexibility index (Phi) is 5.75. The van der Waals surface area contributed by atoms with Crippen LogP contribution in [0.15, 0.2) is 24.3 Å². The molecule has 4 N–H and O–H groups in total. The molecule has 0 saturated heterocycles. The van der Waals surface area contributed by atoms with Crippen LogP contribution in [0.5, 0.6) is 5.75 Å². The first-order valence-electron chi connectivity index (χ1n) is 7.48. The van der Waals surface area contributed by atoms with Gasteiger partial charge in [-0.15, -0.1) is 11.3 Å². The summed E-state index contributed by atoms with van der Waals surface area (Å²) in [6.07, 6.45) is 0. The molecular weight excluding hydrogens is 328 g/mol. The summed E-state index contributed by atoms with van der Waals surface area (Å²) in [4.78, 5) is 28.2. The van der Waals surface area contributed by atoms with Crippen LogP contribution in [0.1, 0.15) is 18.7 Å². The topological polar surface area (TPSA) is 106 Å². The molecule has 0 fully saturated rings. The fraction of sp³-hybridized carbons (Fsp3) is 0.312. The second-order valence-electron chi connectivity index (χ2n) is 5.10. The third kappa shape index (κ3) is 4.45. The molecule has 2 rings (SSSR count). The summed E-state index contributed by atoms with van der Waals surface area (Å²) in [7, 11) is 0. The molecule has 0 aliphatic carbocycles. The number of nitrogens with two attached hydrogens (primary N) is 1. The van der Waals surface area contributed by atoms with Gasteiger partial charge < -0.3 is 21.1 Å². The molecule has 0 aliphatic heterocycles. The molecule has 2 aromatic rings. The van der Waals surface area contributed by atoms with Crippen LogP contribution in [0.4, 0.5) is 9.93 Å². The molecule has 128 valence electrons. The number of hydrogen-bond acceptors (Lipinski definition) is 5. The highest BCUT2D eigenvalue weighted by atomic mass is 32.1. The van der Waals surface area contributed by atoms with Gasteiger partial charge >= 0.3 is 6.03 Å². The second kappa shape index (κ2) is 7.78. The lowest BCUT2D eigenvalue weighted by Crippen LogP contribution is -2.44. The second-order valence-corrected chi connectivity index (χ2v) is 6.30. The van der Waals surface area contributed by atoms with Crippen LogP contribution in [0.25, 0.3) is 11.3 Å². The molecule has 1 heterocycles. The van der Waals surface area contributed by atoms with Crippen molar-refractivity contribution in [2.75, 3.05) is 11.9 Å². The summed E-state index contributed by atoms with van der Waals surface area (Å²) >= 11 is 1.37. The fourth-order valence-electron chi connectivity index (χ4n) is 2.09. The number of rotatable bonds is 6. The monoisotopic (exact) mass is 348 g/mol. The lowest BCUT2D eigenvalue weighted by molar-refractivity contribution is -0.117. The Bertz CT molecular complexity index is 727. The fourth-order valence-corrected chi connectivity index (χ4v) is 2.92. The van der Waals surface area contributed by atoms with Gasteiger partial charge in [0.05, 0.1) is 12.3 Å².